The molecule has 0 saturated heterocycles. The smallest absolute Gasteiger partial charge is 0.0591 e. The third-order valence-electron chi connectivity index (χ3n) is 1.83. The molecule has 0 heterocycles. The first-order valence-corrected chi connectivity index (χ1v) is 6.94. The molecule has 0 atom stereocenters. The molecule has 2 nitrogen and oxygen atoms in total. The van der Waals surface area contributed by atoms with Crippen molar-refractivity contribution in [3.63, 3.8) is 0 Å². The molecule has 0 amide bonds. The molecule has 0 aliphatic heterocycles. The van der Waals surface area contributed by atoms with Gasteiger partial charge in [-0.1, -0.05) is 13.8 Å². The molecule has 0 aromatic rings. The second-order valence-electron chi connectivity index (χ2n) is 3.92. The summed E-state index contributed by atoms with van der Waals surface area (Å²) in [6.07, 6.45) is 4.76. The van der Waals surface area contributed by atoms with Crippen LogP contribution in [0.25, 0.3) is 0 Å². The van der Waals surface area contributed by atoms with Gasteiger partial charge in [-0.15, -0.1) is 0 Å². The molecule has 14 heavy (non-hydrogen) atoms. The third kappa shape index (κ3) is 12.3. The van der Waals surface area contributed by atoms with Crippen LogP contribution in [-0.4, -0.2) is 38.3 Å². The van der Waals surface area contributed by atoms with Gasteiger partial charge in [-0.3, -0.25) is 0 Å². The summed E-state index contributed by atoms with van der Waals surface area (Å²) in [6.45, 7) is 8.21. The van der Waals surface area contributed by atoms with Gasteiger partial charge in [0.15, 0.2) is 0 Å². The maximum absolute atomic E-state index is 5.46. The van der Waals surface area contributed by atoms with Crippen LogP contribution in [0.15, 0.2) is 0 Å². The molecule has 0 rings (SSSR count). The summed E-state index contributed by atoms with van der Waals surface area (Å²) in [5, 5.41) is 3.38. The van der Waals surface area contributed by atoms with Crippen LogP contribution >= 0.6 is 11.8 Å². The second kappa shape index (κ2) is 11.3. The number of hydrogen-bond acceptors (Lipinski definition) is 3. The summed E-state index contributed by atoms with van der Waals surface area (Å²) in [5.74, 6) is 1.93. The first-order chi connectivity index (χ1) is 6.77. The molecule has 86 valence electrons. The van der Waals surface area contributed by atoms with Crippen molar-refractivity contribution in [2.24, 2.45) is 5.92 Å². The molecule has 0 radical (unpaired) electrons. The average Bonchev–Trinajstić information content (AvgIpc) is 2.15. The minimum Gasteiger partial charge on any atom is -0.380 e. The first-order valence-electron chi connectivity index (χ1n) is 5.54. The van der Waals surface area contributed by atoms with Crippen LogP contribution < -0.4 is 5.32 Å². The fourth-order valence-corrected chi connectivity index (χ4v) is 1.58. The lowest BCUT2D eigenvalue weighted by molar-refractivity contribution is 0.112. The molecule has 1 N–H and O–H groups in total. The fourth-order valence-electron chi connectivity index (χ4n) is 1.08. The van der Waals surface area contributed by atoms with Gasteiger partial charge in [-0.2, -0.15) is 11.8 Å². The summed E-state index contributed by atoms with van der Waals surface area (Å²) in [6, 6.07) is 0. The molecule has 0 aliphatic carbocycles. The van der Waals surface area contributed by atoms with Crippen LogP contribution in [-0.2, 0) is 4.74 Å². The number of rotatable bonds is 10. The van der Waals surface area contributed by atoms with E-state index in [1.54, 1.807) is 0 Å². The van der Waals surface area contributed by atoms with Gasteiger partial charge < -0.3 is 10.1 Å². The van der Waals surface area contributed by atoms with E-state index in [-0.39, 0.29) is 0 Å². The Morgan fingerprint density at radius 3 is 2.64 bits per heavy atom. The first kappa shape index (κ1) is 14.3. The van der Waals surface area contributed by atoms with E-state index >= 15 is 0 Å². The average molecular weight is 219 g/mol. The van der Waals surface area contributed by atoms with Crippen molar-refractivity contribution in [3.05, 3.63) is 0 Å². The number of unbranched alkanes of at least 4 members (excludes halogenated alkanes) is 1. The van der Waals surface area contributed by atoms with Crippen LogP contribution in [0, 0.1) is 5.92 Å². The quantitative estimate of drug-likeness (QED) is 0.570. The monoisotopic (exact) mass is 219 g/mol. The molecule has 0 fully saturated rings. The SMILES string of the molecule is CSCCCCNCCOCC(C)C. The van der Waals surface area contributed by atoms with Crippen LogP contribution in [0.1, 0.15) is 26.7 Å². The zero-order valence-corrected chi connectivity index (χ0v) is 10.7. The molecule has 0 aromatic carbocycles. The molecule has 0 saturated carbocycles. The summed E-state index contributed by atoms with van der Waals surface area (Å²) in [5.41, 5.74) is 0. The van der Waals surface area contributed by atoms with E-state index in [0.29, 0.717) is 5.92 Å². The fraction of sp³-hybridized carbons (Fsp3) is 1.00. The van der Waals surface area contributed by atoms with Crippen molar-refractivity contribution in [3.8, 4) is 0 Å². The van der Waals surface area contributed by atoms with Crippen molar-refractivity contribution < 1.29 is 4.74 Å². The normalized spacial score (nSPS) is 11.1. The van der Waals surface area contributed by atoms with Crippen LogP contribution in [0.4, 0.5) is 0 Å². The predicted octanol–water partition coefficient (Wildman–Crippen LogP) is 2.39. The van der Waals surface area contributed by atoms with Crippen molar-refractivity contribution in [2.45, 2.75) is 26.7 Å². The molecular formula is C11H25NOS. The van der Waals surface area contributed by atoms with Gasteiger partial charge in [-0.05, 0) is 37.3 Å². The van der Waals surface area contributed by atoms with Crippen LogP contribution in [0.5, 0.6) is 0 Å². The summed E-state index contributed by atoms with van der Waals surface area (Å²) in [4.78, 5) is 0. The van der Waals surface area contributed by atoms with E-state index in [0.717, 1.165) is 26.3 Å². The summed E-state index contributed by atoms with van der Waals surface area (Å²) >= 11 is 1.92. The van der Waals surface area contributed by atoms with Gasteiger partial charge >= 0.3 is 0 Å². The Morgan fingerprint density at radius 2 is 2.00 bits per heavy atom. The predicted molar refractivity (Wildman–Crippen MR) is 66.1 cm³/mol. The maximum Gasteiger partial charge on any atom is 0.0591 e. The lowest BCUT2D eigenvalue weighted by atomic mass is 10.2. The highest BCUT2D eigenvalue weighted by atomic mass is 32.2. The minimum absolute atomic E-state index is 0.650. The summed E-state index contributed by atoms with van der Waals surface area (Å²) < 4.78 is 5.46. The van der Waals surface area contributed by atoms with E-state index in [2.05, 4.69) is 25.4 Å². The molecule has 0 bridgehead atoms. The highest BCUT2D eigenvalue weighted by Gasteiger charge is 1.93. The largest absolute Gasteiger partial charge is 0.380 e. The van der Waals surface area contributed by atoms with E-state index in [1.165, 1.54) is 18.6 Å². The van der Waals surface area contributed by atoms with Gasteiger partial charge in [0.1, 0.15) is 0 Å². The van der Waals surface area contributed by atoms with Crippen molar-refractivity contribution in [1.82, 2.24) is 5.32 Å². The molecule has 0 unspecified atom stereocenters. The molecule has 0 spiro atoms. The van der Waals surface area contributed by atoms with Crippen molar-refractivity contribution in [1.29, 1.82) is 0 Å². The number of thioether (sulfide) groups is 1. The van der Waals surface area contributed by atoms with Crippen molar-refractivity contribution in [2.75, 3.05) is 38.3 Å². The summed E-state index contributed by atoms with van der Waals surface area (Å²) in [7, 11) is 0. The number of ether oxygens (including phenoxy) is 1. The van der Waals surface area contributed by atoms with E-state index in [9.17, 15) is 0 Å². The Labute approximate surface area is 93.2 Å². The molecule has 0 aliphatic rings. The zero-order chi connectivity index (χ0) is 10.6. The topological polar surface area (TPSA) is 21.3 Å². The Bertz CT molecular complexity index is 109. The Kier molecular flexibility index (Phi) is 11.6. The second-order valence-corrected chi connectivity index (χ2v) is 4.90. The highest BCUT2D eigenvalue weighted by Crippen LogP contribution is 1.97. The maximum atomic E-state index is 5.46. The third-order valence-corrected chi connectivity index (χ3v) is 2.52. The van der Waals surface area contributed by atoms with Gasteiger partial charge in [0.05, 0.1) is 6.61 Å². The van der Waals surface area contributed by atoms with Gasteiger partial charge in [0.2, 0.25) is 0 Å². The lowest BCUT2D eigenvalue weighted by Gasteiger charge is -2.07. The molecule has 0 aromatic heterocycles. The molecule has 3 heteroatoms. The van der Waals surface area contributed by atoms with E-state index < -0.39 is 0 Å². The van der Waals surface area contributed by atoms with E-state index in [4.69, 9.17) is 4.74 Å². The standard InChI is InChI=1S/C11H25NOS/c1-11(2)10-13-8-7-12-6-4-5-9-14-3/h11-12H,4-10H2,1-3H3. The van der Waals surface area contributed by atoms with Crippen molar-refractivity contribution >= 4 is 11.8 Å². The Hall–Kier alpha value is 0.270. The highest BCUT2D eigenvalue weighted by molar-refractivity contribution is 7.98. The molecular weight excluding hydrogens is 194 g/mol. The van der Waals surface area contributed by atoms with Crippen LogP contribution in [0.3, 0.4) is 0 Å². The van der Waals surface area contributed by atoms with E-state index in [1.807, 2.05) is 11.8 Å². The lowest BCUT2D eigenvalue weighted by Crippen LogP contribution is -2.21. The number of hydrogen-bond donors (Lipinski definition) is 1. The van der Waals surface area contributed by atoms with Crippen LogP contribution in [0.2, 0.25) is 0 Å². The zero-order valence-electron chi connectivity index (χ0n) is 9.84. The van der Waals surface area contributed by atoms with Gasteiger partial charge in [0.25, 0.3) is 0 Å². The van der Waals surface area contributed by atoms with Gasteiger partial charge in [0, 0.05) is 13.2 Å². The Balaban J connectivity index is 2.85. The Morgan fingerprint density at radius 1 is 1.21 bits per heavy atom. The number of nitrogens with one attached hydrogen (secondary N) is 1. The van der Waals surface area contributed by atoms with Gasteiger partial charge in [-0.25, -0.2) is 0 Å². The minimum atomic E-state index is 0.650.